The van der Waals surface area contributed by atoms with Gasteiger partial charge in [-0.05, 0) is 77.0 Å². The zero-order chi connectivity index (χ0) is 24.8. The van der Waals surface area contributed by atoms with Crippen molar-refractivity contribution in [3.8, 4) is 0 Å². The smallest absolute Gasteiger partial charge is 0.313 e. The summed E-state index contributed by atoms with van der Waals surface area (Å²) in [5, 5.41) is 0. The Bertz CT molecular complexity index is 577. The maximum atomic E-state index is 11.9. The molecule has 0 unspecified atom stereocenters. The molecule has 3 heteroatoms. The van der Waals surface area contributed by atoms with Gasteiger partial charge in [-0.25, -0.2) is 0 Å². The minimum atomic E-state index is -0.329. The second kappa shape index (κ2) is 20.8. The van der Waals surface area contributed by atoms with Crippen molar-refractivity contribution in [1.82, 2.24) is 0 Å². The highest BCUT2D eigenvalue weighted by atomic mass is 16.6. The van der Waals surface area contributed by atoms with Crippen molar-refractivity contribution in [2.75, 3.05) is 0 Å². The first-order chi connectivity index (χ1) is 17.2. The van der Waals surface area contributed by atoms with E-state index in [1.54, 1.807) is 11.1 Å². The molecule has 2 rings (SSSR count). The molecule has 0 aliphatic heterocycles. The van der Waals surface area contributed by atoms with E-state index in [4.69, 9.17) is 4.74 Å². The monoisotopic (exact) mass is 486 g/mol. The van der Waals surface area contributed by atoms with Crippen LogP contribution in [0.3, 0.4) is 0 Å². The minimum absolute atomic E-state index is 0.329. The summed E-state index contributed by atoms with van der Waals surface area (Å²) in [7, 11) is 0. The molecule has 0 radical (unpaired) electrons. The average Bonchev–Trinajstić information content (AvgIpc) is 3.56. The summed E-state index contributed by atoms with van der Waals surface area (Å²) in [6.45, 7) is 0. The van der Waals surface area contributed by atoms with Gasteiger partial charge in [-0.1, -0.05) is 100 Å². The third-order valence-corrected chi connectivity index (χ3v) is 7.76. The van der Waals surface area contributed by atoms with Gasteiger partial charge in [0.15, 0.2) is 0 Å². The second-order valence-corrected chi connectivity index (χ2v) is 11.0. The van der Waals surface area contributed by atoms with Crippen molar-refractivity contribution in [2.24, 2.45) is 0 Å². The predicted molar refractivity (Wildman–Crippen MR) is 147 cm³/mol. The molecule has 0 spiro atoms. The molecule has 0 heterocycles. The van der Waals surface area contributed by atoms with Crippen molar-refractivity contribution < 1.29 is 14.3 Å². The lowest BCUT2D eigenvalue weighted by molar-refractivity contribution is -0.159. The third kappa shape index (κ3) is 16.8. The Labute approximate surface area is 216 Å². The SMILES string of the molecule is O=C(CCCCCCCCCCC1=CCCC1)OC(=O)CCCCCCCCCCC1=CCCC1. The van der Waals surface area contributed by atoms with E-state index in [-0.39, 0.29) is 11.9 Å². The summed E-state index contributed by atoms with van der Waals surface area (Å²) >= 11 is 0. The molecule has 0 aromatic heterocycles. The van der Waals surface area contributed by atoms with E-state index >= 15 is 0 Å². The van der Waals surface area contributed by atoms with Crippen LogP contribution in [0.1, 0.15) is 167 Å². The fraction of sp³-hybridized carbons (Fsp3) is 0.812. The fourth-order valence-corrected chi connectivity index (χ4v) is 5.52. The van der Waals surface area contributed by atoms with E-state index < -0.39 is 0 Å². The number of unbranched alkanes of at least 4 members (excludes halogenated alkanes) is 14. The van der Waals surface area contributed by atoms with Crippen LogP contribution >= 0.6 is 0 Å². The summed E-state index contributed by atoms with van der Waals surface area (Å²) in [5.41, 5.74) is 3.39. The highest BCUT2D eigenvalue weighted by Crippen LogP contribution is 2.24. The van der Waals surface area contributed by atoms with Crippen LogP contribution in [-0.4, -0.2) is 11.9 Å². The molecule has 2 aliphatic rings. The normalized spacial score (nSPS) is 15.3. The van der Waals surface area contributed by atoms with E-state index in [0.29, 0.717) is 12.8 Å². The number of hydrogen-bond acceptors (Lipinski definition) is 3. The van der Waals surface area contributed by atoms with E-state index in [1.165, 1.54) is 128 Å². The lowest BCUT2D eigenvalue weighted by Gasteiger charge is -2.05. The molecule has 3 nitrogen and oxygen atoms in total. The van der Waals surface area contributed by atoms with Crippen molar-refractivity contribution in [3.63, 3.8) is 0 Å². The quantitative estimate of drug-likeness (QED) is 0.0661. The van der Waals surface area contributed by atoms with E-state index in [1.807, 2.05) is 0 Å². The van der Waals surface area contributed by atoms with Gasteiger partial charge in [-0.15, -0.1) is 0 Å². The fourth-order valence-electron chi connectivity index (χ4n) is 5.52. The zero-order valence-corrected chi connectivity index (χ0v) is 22.8. The Hall–Kier alpha value is -1.38. The number of hydrogen-bond donors (Lipinski definition) is 0. The summed E-state index contributed by atoms with van der Waals surface area (Å²) < 4.78 is 4.99. The molecule has 0 aromatic carbocycles. The van der Waals surface area contributed by atoms with E-state index in [2.05, 4.69) is 12.2 Å². The summed E-state index contributed by atoms with van der Waals surface area (Å²) in [5.74, 6) is -0.658. The first-order valence-electron chi connectivity index (χ1n) is 15.3. The Kier molecular flexibility index (Phi) is 17.7. The largest absolute Gasteiger partial charge is 0.393 e. The Balaban J connectivity index is 1.26. The summed E-state index contributed by atoms with van der Waals surface area (Å²) in [6, 6.07) is 0. The molecule has 35 heavy (non-hydrogen) atoms. The molecule has 0 fully saturated rings. The van der Waals surface area contributed by atoms with Crippen molar-refractivity contribution >= 4 is 11.9 Å². The molecule has 0 aromatic rings. The maximum absolute atomic E-state index is 11.9. The summed E-state index contributed by atoms with van der Waals surface area (Å²) in [6.07, 6.45) is 35.7. The van der Waals surface area contributed by atoms with Gasteiger partial charge in [-0.3, -0.25) is 9.59 Å². The molecule has 0 saturated carbocycles. The molecule has 0 bridgehead atoms. The number of carbonyl (C=O) groups excluding carboxylic acids is 2. The van der Waals surface area contributed by atoms with Crippen molar-refractivity contribution in [3.05, 3.63) is 23.3 Å². The topological polar surface area (TPSA) is 43.4 Å². The van der Waals surface area contributed by atoms with Crippen LogP contribution in [0.4, 0.5) is 0 Å². The Morgan fingerprint density at radius 2 is 0.857 bits per heavy atom. The first-order valence-corrected chi connectivity index (χ1v) is 15.3. The highest BCUT2D eigenvalue weighted by molar-refractivity contribution is 5.85. The van der Waals surface area contributed by atoms with Crippen LogP contribution in [0.5, 0.6) is 0 Å². The van der Waals surface area contributed by atoms with Gasteiger partial charge in [0.25, 0.3) is 0 Å². The lowest BCUT2D eigenvalue weighted by Crippen LogP contribution is -2.11. The molecule has 0 saturated heterocycles. The van der Waals surface area contributed by atoms with Crippen LogP contribution < -0.4 is 0 Å². The Morgan fingerprint density at radius 1 is 0.514 bits per heavy atom. The van der Waals surface area contributed by atoms with Crippen molar-refractivity contribution in [2.45, 2.75) is 167 Å². The zero-order valence-electron chi connectivity index (χ0n) is 22.8. The van der Waals surface area contributed by atoms with Crippen LogP contribution in [0, 0.1) is 0 Å². The second-order valence-electron chi connectivity index (χ2n) is 11.0. The van der Waals surface area contributed by atoms with Gasteiger partial charge in [0.1, 0.15) is 0 Å². The first kappa shape index (κ1) is 29.8. The van der Waals surface area contributed by atoms with Crippen LogP contribution in [-0.2, 0) is 14.3 Å². The van der Waals surface area contributed by atoms with Gasteiger partial charge in [-0.2, -0.15) is 0 Å². The highest BCUT2D eigenvalue weighted by Gasteiger charge is 2.10. The molecular weight excluding hydrogens is 432 g/mol. The van der Waals surface area contributed by atoms with Gasteiger partial charge in [0.2, 0.25) is 0 Å². The number of carbonyl (C=O) groups is 2. The molecular formula is C32H54O3. The minimum Gasteiger partial charge on any atom is -0.393 e. The van der Waals surface area contributed by atoms with Crippen molar-refractivity contribution in [1.29, 1.82) is 0 Å². The molecule has 0 atom stereocenters. The molecule has 0 N–H and O–H groups in total. The lowest BCUT2D eigenvalue weighted by atomic mass is 10.0. The summed E-state index contributed by atoms with van der Waals surface area (Å²) in [4.78, 5) is 23.7. The van der Waals surface area contributed by atoms with Gasteiger partial charge < -0.3 is 4.74 Å². The maximum Gasteiger partial charge on any atom is 0.313 e. The van der Waals surface area contributed by atoms with Crippen LogP contribution in [0.25, 0.3) is 0 Å². The third-order valence-electron chi connectivity index (χ3n) is 7.76. The van der Waals surface area contributed by atoms with E-state index in [9.17, 15) is 9.59 Å². The number of ether oxygens (including phenoxy) is 1. The van der Waals surface area contributed by atoms with Crippen LogP contribution in [0.15, 0.2) is 23.3 Å². The predicted octanol–water partition coefficient (Wildman–Crippen LogP) is 10.1. The van der Waals surface area contributed by atoms with Crippen LogP contribution in [0.2, 0.25) is 0 Å². The van der Waals surface area contributed by atoms with Gasteiger partial charge >= 0.3 is 11.9 Å². The standard InChI is InChI=1S/C32H54O3/c33-31(27-15-11-7-3-1-5-9-13-21-29-23-17-18-24-29)35-32(34)28-16-12-8-4-2-6-10-14-22-30-25-19-20-26-30/h23,25H,1-22,24,26-28H2. The molecule has 2 aliphatic carbocycles. The van der Waals surface area contributed by atoms with Gasteiger partial charge in [0, 0.05) is 12.8 Å². The molecule has 0 amide bonds. The number of allylic oxidation sites excluding steroid dienone is 4. The Morgan fingerprint density at radius 3 is 1.20 bits per heavy atom. The van der Waals surface area contributed by atoms with E-state index in [0.717, 1.165) is 25.7 Å². The number of esters is 2. The molecule has 200 valence electrons. The van der Waals surface area contributed by atoms with Gasteiger partial charge in [0.05, 0.1) is 0 Å². The average molecular weight is 487 g/mol. The number of rotatable bonds is 22.